The number of amides is 2. The molecule has 0 aromatic carbocycles. The number of aromatic nitrogens is 8. The first-order valence-electron chi connectivity index (χ1n) is 14.0. The zero-order valence-electron chi connectivity index (χ0n) is 24.2. The fourth-order valence-electron chi connectivity index (χ4n) is 4.68. The Kier molecular flexibility index (Phi) is 10.9. The molecular formula is C26H29F7N10O3. The second-order valence-electron chi connectivity index (χ2n) is 10.6. The number of imidazole rings is 1. The highest BCUT2D eigenvalue weighted by atomic mass is 19.4. The molecule has 0 bridgehead atoms. The molecule has 2 aliphatic rings. The quantitative estimate of drug-likeness (QED) is 0.291. The number of rotatable bonds is 6. The molecule has 1 saturated heterocycles. The van der Waals surface area contributed by atoms with Crippen molar-refractivity contribution in [3.05, 3.63) is 53.5 Å². The van der Waals surface area contributed by atoms with E-state index in [1.807, 2.05) is 5.32 Å². The third-order valence-corrected chi connectivity index (χ3v) is 7.00. The molecule has 2 unspecified atom stereocenters. The Morgan fingerprint density at radius 1 is 1.13 bits per heavy atom. The van der Waals surface area contributed by atoms with Crippen LogP contribution in [0, 0.1) is 5.92 Å². The van der Waals surface area contributed by atoms with E-state index in [1.54, 1.807) is 25.5 Å². The van der Waals surface area contributed by atoms with Crippen molar-refractivity contribution in [2.45, 2.75) is 76.1 Å². The molecule has 0 radical (unpaired) electrons. The maximum Gasteiger partial charge on any atom is 0.408 e. The number of alkyl halides is 7. The van der Waals surface area contributed by atoms with Crippen LogP contribution in [-0.4, -0.2) is 69.9 Å². The monoisotopic (exact) mass is 662 g/mol. The second-order valence-corrected chi connectivity index (χ2v) is 10.6. The fraction of sp³-hybridized carbons (Fsp3) is 0.538. The Balaban J connectivity index is 0.000000280. The molecule has 4 aromatic rings. The lowest BCUT2D eigenvalue weighted by molar-refractivity contribution is -0.154. The van der Waals surface area contributed by atoms with Crippen LogP contribution in [0.15, 0.2) is 35.5 Å². The predicted molar refractivity (Wildman–Crippen MR) is 142 cm³/mol. The number of nitrogens with zero attached hydrogens (tertiary/aromatic N) is 8. The van der Waals surface area contributed by atoms with Gasteiger partial charge in [0.25, 0.3) is 12.3 Å². The van der Waals surface area contributed by atoms with Gasteiger partial charge in [0.15, 0.2) is 11.3 Å². The highest BCUT2D eigenvalue weighted by molar-refractivity contribution is 5.93. The highest BCUT2D eigenvalue weighted by Crippen LogP contribution is 2.33. The van der Waals surface area contributed by atoms with E-state index in [-0.39, 0.29) is 32.2 Å². The topological polar surface area (TPSA) is 158 Å². The summed E-state index contributed by atoms with van der Waals surface area (Å²) in [5.41, 5.74) is -0.358. The normalized spacial score (nSPS) is 19.2. The number of halogens is 7. The maximum atomic E-state index is 12.8. The molecule has 6 rings (SSSR count). The van der Waals surface area contributed by atoms with Gasteiger partial charge in [0.2, 0.25) is 17.5 Å². The van der Waals surface area contributed by atoms with E-state index in [0.717, 1.165) is 6.42 Å². The number of carbonyl (C=O) groups is 2. The van der Waals surface area contributed by atoms with Crippen LogP contribution in [0.3, 0.4) is 0 Å². The average Bonchev–Trinajstić information content (AvgIpc) is 3.80. The van der Waals surface area contributed by atoms with Gasteiger partial charge in [0.05, 0.1) is 37.0 Å². The lowest BCUT2D eigenvalue weighted by Gasteiger charge is -2.20. The van der Waals surface area contributed by atoms with Gasteiger partial charge in [-0.2, -0.15) is 33.3 Å². The van der Waals surface area contributed by atoms with E-state index in [0.29, 0.717) is 29.7 Å². The fourth-order valence-corrected chi connectivity index (χ4v) is 4.68. The molecule has 46 heavy (non-hydrogen) atoms. The van der Waals surface area contributed by atoms with Crippen molar-refractivity contribution in [2.75, 3.05) is 0 Å². The minimum absolute atomic E-state index is 0.0520. The molecule has 4 aromatic heterocycles. The molecule has 2 amide bonds. The van der Waals surface area contributed by atoms with Crippen LogP contribution < -0.4 is 10.6 Å². The molecule has 5 heterocycles. The molecule has 1 aliphatic carbocycles. The molecule has 2 atom stereocenters. The SMILES string of the molecule is Cn1nccn1.FC1(F)CCCCC1.O=C(NCc1cn2ncc(CC3CC(C(F)(F)F)NC3=O)cc2n1)c1nonc1C(F)F. The van der Waals surface area contributed by atoms with Gasteiger partial charge in [0, 0.05) is 25.8 Å². The van der Waals surface area contributed by atoms with Crippen molar-refractivity contribution in [1.29, 1.82) is 0 Å². The Morgan fingerprint density at radius 2 is 1.83 bits per heavy atom. The first-order valence-corrected chi connectivity index (χ1v) is 14.0. The zero-order chi connectivity index (χ0) is 33.5. The van der Waals surface area contributed by atoms with Crippen molar-refractivity contribution in [3.8, 4) is 0 Å². The summed E-state index contributed by atoms with van der Waals surface area (Å²) in [6, 6.07) is -0.313. The Morgan fingerprint density at radius 3 is 2.37 bits per heavy atom. The summed E-state index contributed by atoms with van der Waals surface area (Å²) < 4.78 is 93.9. The minimum atomic E-state index is -4.51. The Bertz CT molecular complexity index is 1580. The minimum Gasteiger partial charge on any atom is -0.345 e. The number of carbonyl (C=O) groups excluding carboxylic acids is 2. The number of hydrogen-bond acceptors (Lipinski definition) is 9. The van der Waals surface area contributed by atoms with E-state index < -0.39 is 53.7 Å². The maximum absolute atomic E-state index is 12.8. The van der Waals surface area contributed by atoms with Gasteiger partial charge in [-0.1, -0.05) is 6.42 Å². The van der Waals surface area contributed by atoms with E-state index in [9.17, 15) is 40.3 Å². The Hall–Kier alpha value is -4.65. The van der Waals surface area contributed by atoms with E-state index >= 15 is 0 Å². The second kappa shape index (κ2) is 14.6. The Labute approximate surface area is 255 Å². The smallest absolute Gasteiger partial charge is 0.345 e. The number of aryl methyl sites for hydroxylation is 1. The standard InChI is InChI=1S/C17H14F5N7O3.C6H10F2.C3H5N3/c18-14(19)12-13(28-32-27-12)16(31)23-5-9-6-29-11(25-9)2-7(4-24-29)1-8-3-10(17(20,21)22)26-15(8)30;7-6(8)4-2-1-3-5-6;1-6-4-2-3-5-6/h2,4,6,8,10,14H,1,3,5H2,(H,23,31)(H,26,30);1-5H2;2-3H,1H3. The van der Waals surface area contributed by atoms with E-state index in [1.165, 1.54) is 21.7 Å². The van der Waals surface area contributed by atoms with Crippen LogP contribution in [0.1, 0.15) is 72.4 Å². The van der Waals surface area contributed by atoms with Gasteiger partial charge in [-0.25, -0.2) is 31.7 Å². The number of nitrogens with one attached hydrogen (secondary N) is 2. The first kappa shape index (κ1) is 34.2. The average molecular weight is 663 g/mol. The number of hydrogen-bond donors (Lipinski definition) is 2. The first-order chi connectivity index (χ1) is 21.7. The summed E-state index contributed by atoms with van der Waals surface area (Å²) in [6.07, 6.45) is 0.959. The van der Waals surface area contributed by atoms with Crippen molar-refractivity contribution >= 4 is 17.5 Å². The molecule has 2 fully saturated rings. The van der Waals surface area contributed by atoms with Crippen molar-refractivity contribution in [3.63, 3.8) is 0 Å². The van der Waals surface area contributed by atoms with Crippen LogP contribution in [0.4, 0.5) is 30.7 Å². The lowest BCUT2D eigenvalue weighted by Crippen LogP contribution is -2.38. The van der Waals surface area contributed by atoms with Crippen LogP contribution in [0.25, 0.3) is 5.65 Å². The molecule has 250 valence electrons. The number of fused-ring (bicyclic) bond motifs is 1. The van der Waals surface area contributed by atoms with Crippen LogP contribution in [-0.2, 0) is 24.8 Å². The predicted octanol–water partition coefficient (Wildman–Crippen LogP) is 3.99. The third-order valence-electron chi connectivity index (χ3n) is 7.00. The van der Waals surface area contributed by atoms with Gasteiger partial charge in [0.1, 0.15) is 6.04 Å². The van der Waals surface area contributed by atoms with Crippen LogP contribution >= 0.6 is 0 Å². The molecule has 20 heteroatoms. The molecule has 13 nitrogen and oxygen atoms in total. The van der Waals surface area contributed by atoms with Gasteiger partial charge in [-0.3, -0.25) is 9.59 Å². The molecule has 1 saturated carbocycles. The highest BCUT2D eigenvalue weighted by Gasteiger charge is 2.47. The zero-order valence-corrected chi connectivity index (χ0v) is 24.2. The molecule has 1 aliphatic heterocycles. The van der Waals surface area contributed by atoms with Crippen LogP contribution in [0.2, 0.25) is 0 Å². The van der Waals surface area contributed by atoms with Crippen molar-refractivity contribution in [2.24, 2.45) is 13.0 Å². The molecular weight excluding hydrogens is 633 g/mol. The summed E-state index contributed by atoms with van der Waals surface area (Å²) in [5.74, 6) is -4.78. The summed E-state index contributed by atoms with van der Waals surface area (Å²) in [4.78, 5) is 29.6. The van der Waals surface area contributed by atoms with E-state index in [2.05, 4.69) is 40.5 Å². The van der Waals surface area contributed by atoms with Gasteiger partial charge < -0.3 is 10.6 Å². The summed E-state index contributed by atoms with van der Waals surface area (Å²) in [6.45, 7) is -0.147. The van der Waals surface area contributed by atoms with Gasteiger partial charge >= 0.3 is 6.18 Å². The van der Waals surface area contributed by atoms with Crippen molar-refractivity contribution in [1.82, 2.24) is 50.5 Å². The van der Waals surface area contributed by atoms with Gasteiger partial charge in [-0.15, -0.1) is 0 Å². The summed E-state index contributed by atoms with van der Waals surface area (Å²) in [5, 5.41) is 22.0. The molecule has 2 N–H and O–H groups in total. The summed E-state index contributed by atoms with van der Waals surface area (Å²) >= 11 is 0. The van der Waals surface area contributed by atoms with Crippen molar-refractivity contribution < 1.29 is 45.0 Å². The summed E-state index contributed by atoms with van der Waals surface area (Å²) in [7, 11) is 1.78. The van der Waals surface area contributed by atoms with Gasteiger partial charge in [-0.05, 0) is 47.6 Å². The van der Waals surface area contributed by atoms with Crippen LogP contribution in [0.5, 0.6) is 0 Å². The lowest BCUT2D eigenvalue weighted by atomic mass is 9.97. The largest absolute Gasteiger partial charge is 0.408 e. The van der Waals surface area contributed by atoms with E-state index in [4.69, 9.17) is 0 Å². The molecule has 0 spiro atoms. The third kappa shape index (κ3) is 9.43.